The number of amides is 2. The number of anilines is 3. The van der Waals surface area contributed by atoms with Crippen LogP contribution in [0.25, 0.3) is 0 Å². The number of nitrogens with zero attached hydrogens (tertiary/aromatic N) is 5. The molecule has 2 aromatic rings. The number of phenolic OH excluding ortho intramolecular Hbond substituents is 1. The van der Waals surface area contributed by atoms with Crippen LogP contribution in [0.3, 0.4) is 0 Å². The fourth-order valence-electron chi connectivity index (χ4n) is 4.27. The quantitative estimate of drug-likeness (QED) is 0.458. The van der Waals surface area contributed by atoms with Crippen LogP contribution >= 0.6 is 0 Å². The van der Waals surface area contributed by atoms with E-state index in [-0.39, 0.29) is 18.3 Å². The largest absolute Gasteiger partial charge is 0.505 e. The number of carbonyl (C=O) groups excluding carboxylic acids is 1. The molecule has 2 heterocycles. The zero-order chi connectivity index (χ0) is 25.1. The highest BCUT2D eigenvalue weighted by atomic mass is 19.1. The lowest BCUT2D eigenvalue weighted by atomic mass is 10.1. The molecule has 190 valence electrons. The topological polar surface area (TPSA) is 94.1 Å². The summed E-state index contributed by atoms with van der Waals surface area (Å²) in [6.07, 6.45) is 5.11. The third-order valence-electron chi connectivity index (χ3n) is 6.44. The number of ether oxygens (including phenoxy) is 1. The van der Waals surface area contributed by atoms with Gasteiger partial charge in [-0.15, -0.1) is 0 Å². The molecule has 2 amide bonds. The predicted octanol–water partition coefficient (Wildman–Crippen LogP) is 4.11. The molecule has 1 saturated carbocycles. The highest BCUT2D eigenvalue weighted by molar-refractivity contribution is 6.06. The Hall–Kier alpha value is -3.21. The summed E-state index contributed by atoms with van der Waals surface area (Å²) < 4.78 is 34.7. The number of aromatic hydroxyl groups is 1. The molecule has 0 unspecified atom stereocenters. The van der Waals surface area contributed by atoms with Gasteiger partial charge in [-0.05, 0) is 45.3 Å². The highest BCUT2D eigenvalue weighted by Crippen LogP contribution is 2.42. The molecule has 2 aliphatic rings. The molecule has 0 atom stereocenters. The molecule has 0 saturated heterocycles. The van der Waals surface area contributed by atoms with Crippen LogP contribution in [0.1, 0.15) is 45.1 Å². The lowest BCUT2D eigenvalue weighted by molar-refractivity contribution is 0.249. The van der Waals surface area contributed by atoms with Gasteiger partial charge in [0.25, 0.3) is 0 Å². The van der Waals surface area contributed by atoms with Crippen molar-refractivity contribution in [2.24, 2.45) is 0 Å². The minimum atomic E-state index is -1.22. The van der Waals surface area contributed by atoms with Crippen molar-refractivity contribution < 1.29 is 23.4 Å². The summed E-state index contributed by atoms with van der Waals surface area (Å²) in [5.74, 6) is -2.57. The number of methoxy groups -OCH3 is 1. The molecule has 1 aliphatic carbocycles. The van der Waals surface area contributed by atoms with E-state index >= 15 is 4.39 Å². The fourth-order valence-corrected chi connectivity index (χ4v) is 4.27. The number of urea groups is 1. The Labute approximate surface area is 203 Å². The lowest BCUT2D eigenvalue weighted by Gasteiger charge is -2.36. The molecule has 11 heteroatoms. The minimum absolute atomic E-state index is 0.105. The molecule has 2 N–H and O–H groups in total. The third kappa shape index (κ3) is 5.09. The number of phenols is 1. The summed E-state index contributed by atoms with van der Waals surface area (Å²) in [5.41, 5.74) is -0.0942. The zero-order valence-corrected chi connectivity index (χ0v) is 20.4. The van der Waals surface area contributed by atoms with Crippen molar-refractivity contribution in [1.29, 1.82) is 0 Å². The van der Waals surface area contributed by atoms with E-state index in [2.05, 4.69) is 34.0 Å². The summed E-state index contributed by atoms with van der Waals surface area (Å²) in [5, 5.41) is 13.2. The summed E-state index contributed by atoms with van der Waals surface area (Å²) in [4.78, 5) is 27.2. The first-order valence-corrected chi connectivity index (χ1v) is 12.1. The average Bonchev–Trinajstić information content (AvgIpc) is 3.69. The van der Waals surface area contributed by atoms with Gasteiger partial charge in [-0.25, -0.2) is 18.6 Å². The van der Waals surface area contributed by atoms with Crippen LogP contribution in [0.5, 0.6) is 11.5 Å². The smallest absolute Gasteiger partial charge is 0.330 e. The van der Waals surface area contributed by atoms with Gasteiger partial charge in [-0.2, -0.15) is 4.98 Å². The second-order valence-electron chi connectivity index (χ2n) is 8.75. The van der Waals surface area contributed by atoms with Crippen LogP contribution in [0.15, 0.2) is 12.3 Å². The first-order valence-electron chi connectivity index (χ1n) is 12.1. The van der Waals surface area contributed by atoms with Crippen LogP contribution in [0, 0.1) is 11.6 Å². The maximum Gasteiger partial charge on any atom is 0.330 e. The van der Waals surface area contributed by atoms with E-state index in [1.54, 1.807) is 6.20 Å². The van der Waals surface area contributed by atoms with E-state index in [1.807, 2.05) is 0 Å². The SMILES string of the molecule is CCN(CC)CCCCNc1ncc2c(n1)N(C1CC1)C(=O)N(c1c(F)c(O)cc(OC)c1F)C2. The van der Waals surface area contributed by atoms with E-state index in [0.717, 1.165) is 56.3 Å². The first-order chi connectivity index (χ1) is 16.9. The summed E-state index contributed by atoms with van der Waals surface area (Å²) in [7, 11) is 1.20. The number of fused-ring (bicyclic) bond motifs is 1. The van der Waals surface area contributed by atoms with E-state index in [0.29, 0.717) is 23.9 Å². The monoisotopic (exact) mass is 490 g/mol. The second-order valence-corrected chi connectivity index (χ2v) is 8.75. The first kappa shape index (κ1) is 24.9. The number of carbonyl (C=O) groups is 1. The molecular formula is C24H32F2N6O3. The Balaban J connectivity index is 1.54. The Morgan fingerprint density at radius 1 is 1.23 bits per heavy atom. The van der Waals surface area contributed by atoms with E-state index in [4.69, 9.17) is 4.74 Å². The van der Waals surface area contributed by atoms with Crippen LogP contribution < -0.4 is 19.9 Å². The number of benzene rings is 1. The molecule has 0 spiro atoms. The number of rotatable bonds is 11. The summed E-state index contributed by atoms with van der Waals surface area (Å²) >= 11 is 0. The Bertz CT molecular complexity index is 1080. The van der Waals surface area contributed by atoms with Gasteiger partial charge in [-0.1, -0.05) is 13.8 Å². The van der Waals surface area contributed by atoms with Crippen molar-refractivity contribution in [3.8, 4) is 11.5 Å². The summed E-state index contributed by atoms with van der Waals surface area (Å²) in [6.45, 7) is 7.96. The minimum Gasteiger partial charge on any atom is -0.505 e. The molecule has 0 bridgehead atoms. The molecule has 35 heavy (non-hydrogen) atoms. The number of aromatic nitrogens is 2. The molecule has 0 radical (unpaired) electrons. The van der Waals surface area contributed by atoms with Crippen LogP contribution in [0.4, 0.5) is 31.0 Å². The molecule has 1 aliphatic heterocycles. The Morgan fingerprint density at radius 3 is 2.63 bits per heavy atom. The third-order valence-corrected chi connectivity index (χ3v) is 6.44. The summed E-state index contributed by atoms with van der Waals surface area (Å²) in [6, 6.07) is 0.138. The van der Waals surface area contributed by atoms with Gasteiger partial charge in [-0.3, -0.25) is 9.80 Å². The Kier molecular flexibility index (Phi) is 7.54. The van der Waals surface area contributed by atoms with Crippen LogP contribution in [0.2, 0.25) is 0 Å². The molecule has 1 aromatic carbocycles. The number of nitrogens with one attached hydrogen (secondary N) is 1. The van der Waals surface area contributed by atoms with E-state index in [1.165, 1.54) is 12.0 Å². The predicted molar refractivity (Wildman–Crippen MR) is 129 cm³/mol. The maximum absolute atomic E-state index is 15.0. The number of unbranched alkanes of at least 4 members (excludes halogenated alkanes) is 1. The number of hydrogen-bond acceptors (Lipinski definition) is 7. The van der Waals surface area contributed by atoms with Gasteiger partial charge >= 0.3 is 6.03 Å². The molecule has 9 nitrogen and oxygen atoms in total. The molecule has 1 fully saturated rings. The van der Waals surface area contributed by atoms with Gasteiger partial charge in [0.1, 0.15) is 11.5 Å². The molecule has 1 aromatic heterocycles. The van der Waals surface area contributed by atoms with Crippen LogP contribution in [-0.4, -0.2) is 65.3 Å². The number of halogens is 2. The maximum atomic E-state index is 15.0. The fraction of sp³-hybridized carbons (Fsp3) is 0.542. The van der Waals surface area contributed by atoms with Crippen molar-refractivity contribution >= 4 is 23.5 Å². The van der Waals surface area contributed by atoms with Crippen LogP contribution in [-0.2, 0) is 6.54 Å². The van der Waals surface area contributed by atoms with Crippen molar-refractivity contribution in [3.05, 3.63) is 29.5 Å². The average molecular weight is 491 g/mol. The van der Waals surface area contributed by atoms with Gasteiger partial charge in [0.05, 0.1) is 13.7 Å². The standard InChI is InChI=1S/C24H32F2N6O3/c1-4-30(5-2)11-7-6-10-27-23-28-13-15-14-31(24(34)32(16-8-9-16)22(15)29-23)21-19(25)17(33)12-18(35-3)20(21)26/h12-13,16,33H,4-11,14H2,1-3H3,(H,27,28,29). The van der Waals surface area contributed by atoms with Crippen molar-refractivity contribution in [1.82, 2.24) is 14.9 Å². The van der Waals surface area contributed by atoms with Crippen molar-refractivity contribution in [3.63, 3.8) is 0 Å². The normalized spacial score (nSPS) is 15.5. The van der Waals surface area contributed by atoms with E-state index < -0.39 is 29.1 Å². The Morgan fingerprint density at radius 2 is 1.97 bits per heavy atom. The highest BCUT2D eigenvalue weighted by Gasteiger charge is 2.43. The van der Waals surface area contributed by atoms with Gasteiger partial charge in [0.2, 0.25) is 5.95 Å². The second kappa shape index (κ2) is 10.6. The van der Waals surface area contributed by atoms with Gasteiger partial charge in [0.15, 0.2) is 23.1 Å². The zero-order valence-electron chi connectivity index (χ0n) is 20.4. The van der Waals surface area contributed by atoms with E-state index in [9.17, 15) is 14.3 Å². The molecule has 4 rings (SSSR count). The van der Waals surface area contributed by atoms with Crippen molar-refractivity contribution in [2.75, 3.05) is 48.4 Å². The number of hydrogen-bond donors (Lipinski definition) is 2. The molecular weight excluding hydrogens is 458 g/mol. The van der Waals surface area contributed by atoms with Gasteiger partial charge in [0, 0.05) is 30.4 Å². The van der Waals surface area contributed by atoms with Crippen molar-refractivity contribution in [2.45, 2.75) is 52.1 Å². The lowest BCUT2D eigenvalue weighted by Crippen LogP contribution is -2.49. The van der Waals surface area contributed by atoms with Gasteiger partial charge < -0.3 is 20.1 Å².